The molecule has 66 heavy (non-hydrogen) atoms. The predicted octanol–water partition coefficient (Wildman–Crippen LogP) is 15.4. The summed E-state index contributed by atoms with van der Waals surface area (Å²) < 4.78 is 0. The summed E-state index contributed by atoms with van der Waals surface area (Å²) in [5, 5.41) is 0. The monoisotopic (exact) mass is 840 g/mol. The summed E-state index contributed by atoms with van der Waals surface area (Å²) >= 11 is 0. The summed E-state index contributed by atoms with van der Waals surface area (Å²) in [6.45, 7) is 4.73. The van der Waals surface area contributed by atoms with Gasteiger partial charge in [0, 0.05) is 39.4 Å². The third kappa shape index (κ3) is 5.90. The van der Waals surface area contributed by atoms with Gasteiger partial charge in [-0.2, -0.15) is 0 Å². The Morgan fingerprint density at radius 3 is 1.38 bits per heavy atom. The van der Waals surface area contributed by atoms with Gasteiger partial charge in [0.25, 0.3) is 0 Å². The maximum atomic E-state index is 2.65. The molecule has 2 aliphatic heterocycles. The van der Waals surface area contributed by atoms with E-state index in [0.717, 1.165) is 11.4 Å². The number of benzene rings is 10. The fourth-order valence-corrected chi connectivity index (χ4v) is 11.3. The molecule has 0 atom stereocenters. The number of hydrogen-bond donors (Lipinski definition) is 0. The zero-order valence-corrected chi connectivity index (χ0v) is 37.0. The minimum absolute atomic E-state index is 0.143. The highest BCUT2D eigenvalue weighted by molar-refractivity contribution is 6.93. The highest BCUT2D eigenvalue weighted by atomic mass is 15.2. The third-order valence-corrected chi connectivity index (χ3v) is 14.4. The van der Waals surface area contributed by atoms with Crippen molar-refractivity contribution in [3.05, 3.63) is 248 Å². The number of rotatable bonds is 6. The van der Waals surface area contributed by atoms with E-state index in [9.17, 15) is 0 Å². The first-order valence-electron chi connectivity index (χ1n) is 23.1. The van der Waals surface area contributed by atoms with Crippen LogP contribution in [0.5, 0.6) is 0 Å². The van der Waals surface area contributed by atoms with Crippen LogP contribution in [0.4, 0.5) is 28.4 Å². The molecule has 0 saturated heterocycles. The Labute approximate surface area is 387 Å². The normalized spacial score (nSPS) is 13.6. The zero-order valence-electron chi connectivity index (χ0n) is 37.0. The lowest BCUT2D eigenvalue weighted by Crippen LogP contribution is -2.62. The fraction of sp³-hybridized carbons (Fsp3) is 0.0476. The van der Waals surface area contributed by atoms with Crippen LogP contribution in [0.1, 0.15) is 25.0 Å². The van der Waals surface area contributed by atoms with Gasteiger partial charge in [-0.05, 0) is 132 Å². The molecule has 10 aromatic rings. The van der Waals surface area contributed by atoms with Crippen LogP contribution in [0.3, 0.4) is 0 Å². The molecule has 13 rings (SSSR count). The van der Waals surface area contributed by atoms with Crippen molar-refractivity contribution in [2.75, 3.05) is 9.71 Å². The van der Waals surface area contributed by atoms with Crippen molar-refractivity contribution < 1.29 is 0 Å². The van der Waals surface area contributed by atoms with Crippen LogP contribution >= 0.6 is 0 Å². The third-order valence-electron chi connectivity index (χ3n) is 14.4. The predicted molar refractivity (Wildman–Crippen MR) is 279 cm³/mol. The molecule has 2 nitrogen and oxygen atoms in total. The minimum atomic E-state index is -0.279. The van der Waals surface area contributed by atoms with Crippen LogP contribution in [-0.2, 0) is 5.41 Å². The van der Waals surface area contributed by atoms with E-state index in [2.05, 4.69) is 260 Å². The van der Waals surface area contributed by atoms with Crippen LogP contribution in [-0.4, -0.2) is 6.85 Å². The van der Waals surface area contributed by atoms with E-state index in [1.165, 1.54) is 106 Å². The average molecular weight is 841 g/mol. The first-order valence-corrected chi connectivity index (χ1v) is 23.1. The topological polar surface area (TPSA) is 6.48 Å². The molecular formula is C63H45BN2. The van der Waals surface area contributed by atoms with Gasteiger partial charge in [0.1, 0.15) is 0 Å². The molecule has 0 spiro atoms. The van der Waals surface area contributed by atoms with Crippen molar-refractivity contribution >= 4 is 46.2 Å². The molecule has 0 fully saturated rings. The smallest absolute Gasteiger partial charge is 0.333 e. The second kappa shape index (κ2) is 15.0. The van der Waals surface area contributed by atoms with Crippen molar-refractivity contribution in [3.8, 4) is 66.8 Å². The Balaban J connectivity index is 1.14. The molecule has 0 bridgehead atoms. The first kappa shape index (κ1) is 38.3. The summed E-state index contributed by atoms with van der Waals surface area (Å²) in [5.41, 5.74) is 25.9. The lowest BCUT2D eigenvalue weighted by molar-refractivity contribution is 0.661. The molecule has 2 heterocycles. The molecule has 0 radical (unpaired) electrons. The quantitative estimate of drug-likeness (QED) is 0.154. The zero-order chi connectivity index (χ0) is 43.9. The molecule has 310 valence electrons. The Kier molecular flexibility index (Phi) is 8.70. The Morgan fingerprint density at radius 2 is 0.803 bits per heavy atom. The van der Waals surface area contributed by atoms with Gasteiger partial charge in [0.05, 0.1) is 0 Å². The van der Waals surface area contributed by atoms with Crippen molar-refractivity contribution in [3.63, 3.8) is 0 Å². The molecule has 0 saturated carbocycles. The number of hydrogen-bond acceptors (Lipinski definition) is 2. The van der Waals surface area contributed by atoms with Crippen molar-refractivity contribution in [1.29, 1.82) is 0 Å². The highest BCUT2D eigenvalue weighted by Crippen LogP contribution is 2.58. The van der Waals surface area contributed by atoms with Crippen LogP contribution < -0.4 is 20.6 Å². The van der Waals surface area contributed by atoms with E-state index in [0.29, 0.717) is 0 Å². The highest BCUT2D eigenvalue weighted by Gasteiger charge is 2.50. The second-order valence-corrected chi connectivity index (χ2v) is 18.5. The first-order chi connectivity index (χ1) is 32.5. The van der Waals surface area contributed by atoms with E-state index in [-0.39, 0.29) is 12.3 Å². The van der Waals surface area contributed by atoms with Gasteiger partial charge in [0.15, 0.2) is 0 Å². The molecule has 0 aromatic heterocycles. The Hall–Kier alpha value is -8.14. The fourth-order valence-electron chi connectivity index (χ4n) is 11.3. The largest absolute Gasteiger partial charge is 0.376 e. The van der Waals surface area contributed by atoms with Crippen molar-refractivity contribution in [1.82, 2.24) is 0 Å². The van der Waals surface area contributed by atoms with Gasteiger partial charge < -0.3 is 9.71 Å². The van der Waals surface area contributed by atoms with Gasteiger partial charge in [-0.25, -0.2) is 0 Å². The molecular weight excluding hydrogens is 796 g/mol. The lowest BCUT2D eigenvalue weighted by Gasteiger charge is -2.47. The SMILES string of the molecule is CC1(C)c2ccccc2-c2cc3c4c(c21)N(c1ccc(-c2ccccc2)cc1)c1ccc(-c2ccccc2)cc1B4N(c1ccc(-c2ccccc2)cc1)c1ccc(-c2ccccc2)cc1-3. The van der Waals surface area contributed by atoms with E-state index in [1.54, 1.807) is 0 Å². The molecule has 3 heteroatoms. The number of fused-ring (bicyclic) bond motifs is 8. The summed E-state index contributed by atoms with van der Waals surface area (Å²) in [6, 6.07) is 87.7. The van der Waals surface area contributed by atoms with Gasteiger partial charge in [-0.15, -0.1) is 0 Å². The lowest BCUT2D eigenvalue weighted by atomic mass is 9.42. The van der Waals surface area contributed by atoms with Crippen molar-refractivity contribution in [2.45, 2.75) is 19.3 Å². The van der Waals surface area contributed by atoms with Crippen molar-refractivity contribution in [2.24, 2.45) is 0 Å². The maximum absolute atomic E-state index is 2.65. The van der Waals surface area contributed by atoms with Gasteiger partial charge in [0.2, 0.25) is 0 Å². The number of anilines is 5. The summed E-state index contributed by atoms with van der Waals surface area (Å²) in [5.74, 6) is 0. The Bertz CT molecular complexity index is 3470. The standard InChI is InChI=1S/C63H45BN2/c1-63(2)56-26-16-15-25-52(56)54-41-55-53-39-48(44-21-11-5-12-22-44)31-37-58(53)66(51-35-29-47(30-36-51)43-19-9-4-10-20-43)64-57-40-49(45-23-13-6-14-24-45)32-38-59(57)65(62(60(54)63)61(55)64)50-33-27-46(28-34-50)42-17-7-3-8-18-42/h3-41H,1-2H3. The van der Waals surface area contributed by atoms with Crippen LogP contribution in [0.25, 0.3) is 66.8 Å². The van der Waals surface area contributed by atoms with E-state index < -0.39 is 0 Å². The van der Waals surface area contributed by atoms with Gasteiger partial charge in [-0.1, -0.05) is 202 Å². The van der Waals surface area contributed by atoms with E-state index >= 15 is 0 Å². The van der Waals surface area contributed by atoms with E-state index in [1.807, 2.05) is 0 Å². The summed E-state index contributed by atoms with van der Waals surface area (Å²) in [7, 11) is 0. The Morgan fingerprint density at radius 1 is 0.348 bits per heavy atom. The molecule has 1 aliphatic carbocycles. The maximum Gasteiger partial charge on any atom is 0.333 e. The summed E-state index contributed by atoms with van der Waals surface area (Å²) in [4.78, 5) is 5.26. The average Bonchev–Trinajstić information content (AvgIpc) is 3.62. The minimum Gasteiger partial charge on any atom is -0.376 e. The molecule has 0 amide bonds. The molecule has 3 aliphatic rings. The molecule has 0 N–H and O–H groups in total. The van der Waals surface area contributed by atoms with Crippen LogP contribution in [0, 0.1) is 0 Å². The number of nitrogens with zero attached hydrogens (tertiary/aromatic N) is 2. The molecule has 10 aromatic carbocycles. The van der Waals surface area contributed by atoms with Crippen LogP contribution in [0.15, 0.2) is 237 Å². The summed E-state index contributed by atoms with van der Waals surface area (Å²) in [6.07, 6.45) is 0. The van der Waals surface area contributed by atoms with Crippen LogP contribution in [0.2, 0.25) is 0 Å². The molecule has 0 unspecified atom stereocenters. The van der Waals surface area contributed by atoms with Gasteiger partial charge >= 0.3 is 6.85 Å². The van der Waals surface area contributed by atoms with E-state index in [4.69, 9.17) is 0 Å². The second-order valence-electron chi connectivity index (χ2n) is 18.5. The van der Waals surface area contributed by atoms with Gasteiger partial charge in [-0.3, -0.25) is 0 Å².